The third-order valence-corrected chi connectivity index (χ3v) is 6.81. The van der Waals surface area contributed by atoms with Crippen molar-refractivity contribution in [2.24, 2.45) is 0 Å². The average Bonchev–Trinajstić information content (AvgIpc) is 2.53. The van der Waals surface area contributed by atoms with Crippen molar-refractivity contribution < 1.29 is 16.8 Å². The molecule has 0 aromatic heterocycles. The minimum atomic E-state index is -3.84. The number of sulfonamides is 2. The van der Waals surface area contributed by atoms with Crippen LogP contribution < -0.4 is 9.03 Å². The number of nitrogens with zero attached hydrogens (tertiary/aromatic N) is 1. The van der Waals surface area contributed by atoms with Crippen molar-refractivity contribution in [1.82, 2.24) is 0 Å². The molecule has 1 aliphatic heterocycles. The molecule has 3 rings (SSSR count). The van der Waals surface area contributed by atoms with Crippen molar-refractivity contribution in [3.63, 3.8) is 0 Å². The molecule has 6 nitrogen and oxygen atoms in total. The smallest absolute Gasteiger partial charge is 0.265 e. The SMILES string of the molecule is CS(=O)(=O)Nc1cccc2c1CCCN2S(=O)(=O)c1ccccc1Cl. The van der Waals surface area contributed by atoms with Crippen LogP contribution in [-0.4, -0.2) is 29.6 Å². The van der Waals surface area contributed by atoms with Crippen LogP contribution in [0.2, 0.25) is 5.02 Å². The molecule has 9 heteroatoms. The van der Waals surface area contributed by atoms with Gasteiger partial charge in [-0.15, -0.1) is 0 Å². The van der Waals surface area contributed by atoms with Crippen molar-refractivity contribution in [1.29, 1.82) is 0 Å². The van der Waals surface area contributed by atoms with Gasteiger partial charge in [-0.2, -0.15) is 0 Å². The van der Waals surface area contributed by atoms with Crippen LogP contribution >= 0.6 is 11.6 Å². The van der Waals surface area contributed by atoms with E-state index in [1.807, 2.05) is 0 Å². The summed E-state index contributed by atoms with van der Waals surface area (Å²) >= 11 is 6.08. The van der Waals surface area contributed by atoms with E-state index in [0.29, 0.717) is 36.3 Å². The molecular formula is C16H17ClN2O4S2. The number of fused-ring (bicyclic) bond motifs is 1. The van der Waals surface area contributed by atoms with Crippen LogP contribution in [0.3, 0.4) is 0 Å². The summed E-state index contributed by atoms with van der Waals surface area (Å²) in [6, 6.07) is 11.2. The predicted octanol–water partition coefficient (Wildman–Crippen LogP) is 2.85. The van der Waals surface area contributed by atoms with E-state index in [2.05, 4.69) is 4.72 Å². The zero-order chi connectivity index (χ0) is 18.2. The van der Waals surface area contributed by atoms with Crippen LogP contribution in [0.5, 0.6) is 0 Å². The Morgan fingerprint density at radius 1 is 1.04 bits per heavy atom. The number of halogens is 1. The van der Waals surface area contributed by atoms with E-state index >= 15 is 0 Å². The Hall–Kier alpha value is -1.77. The third kappa shape index (κ3) is 3.61. The van der Waals surface area contributed by atoms with Crippen LogP contribution in [-0.2, 0) is 26.5 Å². The van der Waals surface area contributed by atoms with E-state index in [9.17, 15) is 16.8 Å². The lowest BCUT2D eigenvalue weighted by Gasteiger charge is -2.32. The summed E-state index contributed by atoms with van der Waals surface area (Å²) in [6.45, 7) is 0.308. The van der Waals surface area contributed by atoms with Crippen LogP contribution in [0.25, 0.3) is 0 Å². The van der Waals surface area contributed by atoms with Gasteiger partial charge in [-0.05, 0) is 37.1 Å². The Morgan fingerprint density at radius 2 is 1.76 bits per heavy atom. The predicted molar refractivity (Wildman–Crippen MR) is 99.2 cm³/mol. The molecule has 0 fully saturated rings. The molecule has 25 heavy (non-hydrogen) atoms. The summed E-state index contributed by atoms with van der Waals surface area (Å²) < 4.78 is 53.0. The molecule has 1 aliphatic rings. The minimum Gasteiger partial charge on any atom is -0.283 e. The minimum absolute atomic E-state index is 0.0333. The Labute approximate surface area is 152 Å². The van der Waals surface area contributed by atoms with Gasteiger partial charge < -0.3 is 0 Å². The molecular weight excluding hydrogens is 384 g/mol. The Kier molecular flexibility index (Phi) is 4.70. The largest absolute Gasteiger partial charge is 0.283 e. The summed E-state index contributed by atoms with van der Waals surface area (Å²) in [5, 5.41) is 0.153. The van der Waals surface area contributed by atoms with E-state index < -0.39 is 20.0 Å². The van der Waals surface area contributed by atoms with Crippen molar-refractivity contribution in [2.45, 2.75) is 17.7 Å². The van der Waals surface area contributed by atoms with Crippen molar-refractivity contribution in [2.75, 3.05) is 21.8 Å². The Bertz CT molecular complexity index is 1020. The van der Waals surface area contributed by atoms with Gasteiger partial charge in [0.2, 0.25) is 10.0 Å². The summed E-state index contributed by atoms with van der Waals surface area (Å²) in [5.74, 6) is 0. The highest BCUT2D eigenvalue weighted by molar-refractivity contribution is 7.93. The maximum atomic E-state index is 13.1. The van der Waals surface area contributed by atoms with Crippen LogP contribution in [0, 0.1) is 0 Å². The van der Waals surface area contributed by atoms with Crippen molar-refractivity contribution in [3.05, 3.63) is 53.1 Å². The molecule has 134 valence electrons. The standard InChI is InChI=1S/C16H17ClN2O4S2/c1-24(20,21)18-14-8-4-9-15-12(14)6-5-11-19(15)25(22,23)16-10-3-2-7-13(16)17/h2-4,7-10,18H,5-6,11H2,1H3. The highest BCUT2D eigenvalue weighted by Gasteiger charge is 2.31. The van der Waals surface area contributed by atoms with Gasteiger partial charge in [0, 0.05) is 12.1 Å². The van der Waals surface area contributed by atoms with Crippen molar-refractivity contribution in [3.8, 4) is 0 Å². The molecule has 0 aliphatic carbocycles. The second-order valence-corrected chi connectivity index (χ2v) is 9.78. The van der Waals surface area contributed by atoms with Gasteiger partial charge >= 0.3 is 0 Å². The zero-order valence-electron chi connectivity index (χ0n) is 13.4. The highest BCUT2D eigenvalue weighted by atomic mass is 35.5. The number of hydrogen-bond donors (Lipinski definition) is 1. The van der Waals surface area contributed by atoms with Crippen LogP contribution in [0.1, 0.15) is 12.0 Å². The maximum Gasteiger partial charge on any atom is 0.265 e. The first-order chi connectivity index (χ1) is 11.7. The van der Waals surface area contributed by atoms with Gasteiger partial charge in [0.1, 0.15) is 4.90 Å². The average molecular weight is 401 g/mol. The number of nitrogens with one attached hydrogen (secondary N) is 1. The topological polar surface area (TPSA) is 83.6 Å². The number of benzene rings is 2. The fourth-order valence-electron chi connectivity index (χ4n) is 2.91. The lowest BCUT2D eigenvalue weighted by atomic mass is 10.0. The first-order valence-corrected chi connectivity index (χ1v) is 11.3. The number of anilines is 2. The molecule has 0 spiro atoms. The van der Waals surface area contributed by atoms with E-state index in [0.717, 1.165) is 6.26 Å². The summed E-state index contributed by atoms with van der Waals surface area (Å²) in [4.78, 5) is 0.0333. The maximum absolute atomic E-state index is 13.1. The number of rotatable bonds is 4. The van der Waals surface area contributed by atoms with Gasteiger partial charge in [0.15, 0.2) is 0 Å². The van der Waals surface area contributed by atoms with E-state index in [-0.39, 0.29) is 9.92 Å². The molecule has 0 atom stereocenters. The van der Waals surface area contributed by atoms with Crippen LogP contribution in [0.15, 0.2) is 47.4 Å². The highest BCUT2D eigenvalue weighted by Crippen LogP contribution is 2.37. The molecule has 1 heterocycles. The van der Waals surface area contributed by atoms with Crippen LogP contribution in [0.4, 0.5) is 11.4 Å². The first-order valence-electron chi connectivity index (χ1n) is 7.57. The van der Waals surface area contributed by atoms with Gasteiger partial charge in [-0.25, -0.2) is 16.8 Å². The molecule has 0 saturated heterocycles. The zero-order valence-corrected chi connectivity index (χ0v) is 15.8. The van der Waals surface area contributed by atoms with Gasteiger partial charge in [0.05, 0.1) is 22.7 Å². The molecule has 0 radical (unpaired) electrons. The lowest BCUT2D eigenvalue weighted by Crippen LogP contribution is -2.36. The fourth-order valence-corrected chi connectivity index (χ4v) is 5.53. The third-order valence-electron chi connectivity index (χ3n) is 3.91. The number of hydrogen-bond acceptors (Lipinski definition) is 4. The monoisotopic (exact) mass is 400 g/mol. The van der Waals surface area contributed by atoms with E-state index in [4.69, 9.17) is 11.6 Å². The first kappa shape index (κ1) is 18.0. The molecule has 0 bridgehead atoms. The Morgan fingerprint density at radius 3 is 2.44 bits per heavy atom. The molecule has 2 aromatic carbocycles. The summed E-state index contributed by atoms with van der Waals surface area (Å²) in [6.07, 6.45) is 2.23. The molecule has 0 amide bonds. The van der Waals surface area contributed by atoms with E-state index in [1.165, 1.54) is 16.4 Å². The lowest BCUT2D eigenvalue weighted by molar-refractivity contribution is 0.586. The second-order valence-electron chi connectivity index (χ2n) is 5.79. The normalized spacial score (nSPS) is 14.9. The van der Waals surface area contributed by atoms with Gasteiger partial charge in [-0.3, -0.25) is 9.03 Å². The molecule has 0 unspecified atom stereocenters. The van der Waals surface area contributed by atoms with Gasteiger partial charge in [0.25, 0.3) is 10.0 Å². The molecule has 1 N–H and O–H groups in total. The van der Waals surface area contributed by atoms with E-state index in [1.54, 1.807) is 30.3 Å². The fraction of sp³-hybridized carbons (Fsp3) is 0.250. The summed E-state index contributed by atoms with van der Waals surface area (Å²) in [5.41, 5.74) is 1.54. The molecule has 0 saturated carbocycles. The second kappa shape index (κ2) is 6.51. The van der Waals surface area contributed by atoms with Gasteiger partial charge in [-0.1, -0.05) is 29.8 Å². The molecule has 2 aromatic rings. The summed E-state index contributed by atoms with van der Waals surface area (Å²) in [7, 11) is -7.30. The quantitative estimate of drug-likeness (QED) is 0.855. The van der Waals surface area contributed by atoms with Crippen molar-refractivity contribution >= 4 is 43.0 Å². The Balaban J connectivity index is 2.12.